The minimum absolute atomic E-state index is 0.656. The zero-order valence-corrected chi connectivity index (χ0v) is 9.74. The lowest BCUT2D eigenvalue weighted by Crippen LogP contribution is -2.25. The smallest absolute Gasteiger partial charge is 0.0728 e. The molecule has 0 radical (unpaired) electrons. The first-order valence-corrected chi connectivity index (χ1v) is 6.07. The molecule has 1 heterocycles. The topological polar surface area (TPSA) is 29.9 Å². The first-order valence-electron chi connectivity index (χ1n) is 6.07. The van der Waals surface area contributed by atoms with Crippen molar-refractivity contribution in [3.05, 3.63) is 12.4 Å². The van der Waals surface area contributed by atoms with Crippen molar-refractivity contribution in [3.8, 4) is 0 Å². The second-order valence-corrected chi connectivity index (χ2v) is 4.70. The van der Waals surface area contributed by atoms with E-state index in [0.717, 1.165) is 12.5 Å². The second kappa shape index (κ2) is 4.69. The van der Waals surface area contributed by atoms with Gasteiger partial charge in [-0.2, -0.15) is 5.10 Å². The maximum absolute atomic E-state index is 4.27. The van der Waals surface area contributed by atoms with E-state index in [1.165, 1.54) is 31.4 Å². The zero-order chi connectivity index (χ0) is 10.7. The number of nitrogens with one attached hydrogen (secondary N) is 1. The molecule has 1 saturated carbocycles. The summed E-state index contributed by atoms with van der Waals surface area (Å²) in [6, 6.07) is 0.656. The van der Waals surface area contributed by atoms with Gasteiger partial charge >= 0.3 is 0 Å². The lowest BCUT2D eigenvalue weighted by Gasteiger charge is -2.27. The summed E-state index contributed by atoms with van der Waals surface area (Å²) in [5, 5.41) is 7.86. The number of aryl methyl sites for hydroxylation is 1. The summed E-state index contributed by atoms with van der Waals surface area (Å²) in [5.41, 5.74) is 1.18. The van der Waals surface area contributed by atoms with Crippen LogP contribution in [0.25, 0.3) is 0 Å². The third-order valence-corrected chi connectivity index (χ3v) is 3.26. The molecule has 84 valence electrons. The molecule has 2 atom stereocenters. The summed E-state index contributed by atoms with van der Waals surface area (Å²) < 4.78 is 1.97. The van der Waals surface area contributed by atoms with E-state index < -0.39 is 0 Å². The van der Waals surface area contributed by atoms with Crippen molar-refractivity contribution in [3.63, 3.8) is 0 Å². The van der Waals surface area contributed by atoms with Crippen LogP contribution in [0.5, 0.6) is 0 Å². The predicted octanol–water partition coefficient (Wildman–Crippen LogP) is 2.89. The van der Waals surface area contributed by atoms with Gasteiger partial charge in [0.2, 0.25) is 0 Å². The van der Waals surface area contributed by atoms with Crippen molar-refractivity contribution in [1.29, 1.82) is 0 Å². The van der Waals surface area contributed by atoms with E-state index >= 15 is 0 Å². The average Bonchev–Trinajstić information content (AvgIpc) is 2.65. The van der Waals surface area contributed by atoms with Crippen LogP contribution in [0.2, 0.25) is 0 Å². The lowest BCUT2D eigenvalue weighted by molar-refractivity contribution is 0.358. The van der Waals surface area contributed by atoms with Gasteiger partial charge in [-0.05, 0) is 25.7 Å². The van der Waals surface area contributed by atoms with Gasteiger partial charge in [0.1, 0.15) is 0 Å². The molecule has 1 aliphatic carbocycles. The molecule has 2 rings (SSSR count). The molecular formula is C12H21N3. The van der Waals surface area contributed by atoms with Crippen LogP contribution in [-0.2, 0) is 6.54 Å². The summed E-state index contributed by atoms with van der Waals surface area (Å²) in [4.78, 5) is 0. The van der Waals surface area contributed by atoms with Crippen LogP contribution in [0.4, 0.5) is 5.69 Å². The van der Waals surface area contributed by atoms with E-state index in [1.54, 1.807) is 0 Å². The molecule has 15 heavy (non-hydrogen) atoms. The molecule has 0 spiro atoms. The first kappa shape index (κ1) is 10.5. The molecule has 1 aliphatic rings. The fourth-order valence-electron chi connectivity index (χ4n) is 2.41. The quantitative estimate of drug-likeness (QED) is 0.826. The molecule has 0 unspecified atom stereocenters. The zero-order valence-electron chi connectivity index (χ0n) is 9.74. The van der Waals surface area contributed by atoms with Gasteiger partial charge in [0.25, 0.3) is 0 Å². The molecule has 3 heteroatoms. The Labute approximate surface area is 91.9 Å². The first-order chi connectivity index (χ1) is 7.28. The standard InChI is InChI=1S/C12H21N3/c1-3-15-9-12(8-13-15)14-11-6-4-5-10(2)7-11/h8-11,14H,3-7H2,1-2H3/t10-,11+/m1/s1. The molecule has 0 aliphatic heterocycles. The molecule has 1 aromatic rings. The largest absolute Gasteiger partial charge is 0.380 e. The minimum atomic E-state index is 0.656. The Balaban J connectivity index is 1.90. The van der Waals surface area contributed by atoms with E-state index in [-0.39, 0.29) is 0 Å². The van der Waals surface area contributed by atoms with Crippen LogP contribution in [0.15, 0.2) is 12.4 Å². The van der Waals surface area contributed by atoms with Gasteiger partial charge in [-0.25, -0.2) is 0 Å². The Hall–Kier alpha value is -0.990. The van der Waals surface area contributed by atoms with Crippen molar-refractivity contribution in [2.45, 2.75) is 52.1 Å². The van der Waals surface area contributed by atoms with Crippen LogP contribution in [-0.4, -0.2) is 15.8 Å². The minimum Gasteiger partial charge on any atom is -0.380 e. The van der Waals surface area contributed by atoms with Crippen molar-refractivity contribution in [2.75, 3.05) is 5.32 Å². The number of nitrogens with zero attached hydrogens (tertiary/aromatic N) is 2. The number of hydrogen-bond acceptors (Lipinski definition) is 2. The molecule has 1 N–H and O–H groups in total. The Morgan fingerprint density at radius 2 is 2.40 bits per heavy atom. The van der Waals surface area contributed by atoms with E-state index in [9.17, 15) is 0 Å². The SMILES string of the molecule is CCn1cc(N[C@H]2CCC[C@@H](C)C2)cn1. The fraction of sp³-hybridized carbons (Fsp3) is 0.750. The van der Waals surface area contributed by atoms with Crippen molar-refractivity contribution >= 4 is 5.69 Å². The summed E-state index contributed by atoms with van der Waals surface area (Å²) >= 11 is 0. The Bertz CT molecular complexity index is 306. The van der Waals surface area contributed by atoms with E-state index in [4.69, 9.17) is 0 Å². The van der Waals surface area contributed by atoms with Gasteiger partial charge in [-0.3, -0.25) is 4.68 Å². The maximum Gasteiger partial charge on any atom is 0.0728 e. The molecule has 0 saturated heterocycles. The van der Waals surface area contributed by atoms with E-state index in [1.807, 2.05) is 10.9 Å². The second-order valence-electron chi connectivity index (χ2n) is 4.70. The monoisotopic (exact) mass is 207 g/mol. The molecule has 3 nitrogen and oxygen atoms in total. The summed E-state index contributed by atoms with van der Waals surface area (Å²) in [6.07, 6.45) is 9.40. The van der Waals surface area contributed by atoms with Gasteiger partial charge < -0.3 is 5.32 Å². The van der Waals surface area contributed by atoms with Crippen molar-refractivity contribution in [1.82, 2.24) is 9.78 Å². The van der Waals surface area contributed by atoms with Crippen molar-refractivity contribution < 1.29 is 0 Å². The summed E-state index contributed by atoms with van der Waals surface area (Å²) in [6.45, 7) is 5.41. The van der Waals surface area contributed by atoms with Gasteiger partial charge in [-0.1, -0.05) is 19.8 Å². The maximum atomic E-state index is 4.27. The Morgan fingerprint density at radius 3 is 3.07 bits per heavy atom. The highest BCUT2D eigenvalue weighted by atomic mass is 15.3. The Morgan fingerprint density at radius 1 is 1.53 bits per heavy atom. The van der Waals surface area contributed by atoms with Crippen LogP contribution in [0.1, 0.15) is 39.5 Å². The molecule has 0 amide bonds. The Kier molecular flexibility index (Phi) is 3.29. The average molecular weight is 207 g/mol. The number of anilines is 1. The predicted molar refractivity (Wildman–Crippen MR) is 62.9 cm³/mol. The van der Waals surface area contributed by atoms with Gasteiger partial charge in [0.05, 0.1) is 11.9 Å². The van der Waals surface area contributed by atoms with Crippen molar-refractivity contribution in [2.24, 2.45) is 5.92 Å². The highest BCUT2D eigenvalue weighted by molar-refractivity contribution is 5.39. The summed E-state index contributed by atoms with van der Waals surface area (Å²) in [5.74, 6) is 0.873. The van der Waals surface area contributed by atoms with Crippen LogP contribution < -0.4 is 5.32 Å². The number of rotatable bonds is 3. The van der Waals surface area contributed by atoms with Crippen LogP contribution >= 0.6 is 0 Å². The fourth-order valence-corrected chi connectivity index (χ4v) is 2.41. The number of aromatic nitrogens is 2. The van der Waals surface area contributed by atoms with Gasteiger partial charge in [0, 0.05) is 18.8 Å². The highest BCUT2D eigenvalue weighted by Gasteiger charge is 2.18. The van der Waals surface area contributed by atoms with E-state index in [2.05, 4.69) is 30.5 Å². The third-order valence-electron chi connectivity index (χ3n) is 3.26. The molecule has 1 fully saturated rings. The molecule has 1 aromatic heterocycles. The van der Waals surface area contributed by atoms with Crippen LogP contribution in [0, 0.1) is 5.92 Å². The number of hydrogen-bond donors (Lipinski definition) is 1. The van der Waals surface area contributed by atoms with Crippen LogP contribution in [0.3, 0.4) is 0 Å². The van der Waals surface area contributed by atoms with Gasteiger partial charge in [-0.15, -0.1) is 0 Å². The highest BCUT2D eigenvalue weighted by Crippen LogP contribution is 2.25. The lowest BCUT2D eigenvalue weighted by atomic mass is 9.87. The molecular weight excluding hydrogens is 186 g/mol. The molecule has 0 bridgehead atoms. The van der Waals surface area contributed by atoms with E-state index in [0.29, 0.717) is 6.04 Å². The summed E-state index contributed by atoms with van der Waals surface area (Å²) in [7, 11) is 0. The van der Waals surface area contributed by atoms with Gasteiger partial charge in [0.15, 0.2) is 0 Å². The molecule has 0 aromatic carbocycles. The third kappa shape index (κ3) is 2.74. The normalized spacial score (nSPS) is 26.5.